The molecule has 0 aliphatic carbocycles. The van der Waals surface area contributed by atoms with Gasteiger partial charge in [0, 0.05) is 25.8 Å². The lowest BCUT2D eigenvalue weighted by atomic mass is 10.1. The number of rotatable bonds is 4. The average Bonchev–Trinajstić information content (AvgIpc) is 2.73. The number of guanidine groups is 1. The molecular weight excluding hydrogens is 383 g/mol. The standard InChI is InChI=1S/C13H24N6O.HI/c1-13(2,3)18-11(20)9-16-12(14-4)15-8-10-6-7-17-19(10)5;/h6-7H,8-9H2,1-5H3,(H,18,20)(H2,14,15,16);1H. The molecule has 1 aromatic heterocycles. The Bertz CT molecular complexity index is 477. The molecular formula is C13H25IN6O. The lowest BCUT2D eigenvalue weighted by Gasteiger charge is -2.21. The third kappa shape index (κ3) is 7.88. The quantitative estimate of drug-likeness (QED) is 0.388. The second-order valence-electron chi connectivity index (χ2n) is 5.52. The van der Waals surface area contributed by atoms with Crippen molar-refractivity contribution in [3.63, 3.8) is 0 Å². The molecule has 0 spiro atoms. The number of carbonyl (C=O) groups is 1. The Balaban J connectivity index is 0.00000400. The van der Waals surface area contributed by atoms with E-state index in [1.165, 1.54) is 0 Å². The van der Waals surface area contributed by atoms with E-state index in [1.54, 1.807) is 17.9 Å². The van der Waals surface area contributed by atoms with Crippen LogP contribution in [-0.2, 0) is 18.4 Å². The molecule has 8 heteroatoms. The normalized spacial score (nSPS) is 11.6. The molecule has 7 nitrogen and oxygen atoms in total. The van der Waals surface area contributed by atoms with Gasteiger partial charge in [-0.2, -0.15) is 5.10 Å². The molecule has 3 N–H and O–H groups in total. The Hall–Kier alpha value is -1.32. The van der Waals surface area contributed by atoms with Crippen molar-refractivity contribution in [1.82, 2.24) is 25.7 Å². The van der Waals surface area contributed by atoms with Crippen molar-refractivity contribution in [3.05, 3.63) is 18.0 Å². The van der Waals surface area contributed by atoms with Gasteiger partial charge < -0.3 is 16.0 Å². The molecule has 0 saturated carbocycles. The van der Waals surface area contributed by atoms with Crippen LogP contribution in [0.5, 0.6) is 0 Å². The maximum atomic E-state index is 11.7. The fraction of sp³-hybridized carbons (Fsp3) is 0.615. The van der Waals surface area contributed by atoms with Crippen molar-refractivity contribution < 1.29 is 4.79 Å². The van der Waals surface area contributed by atoms with Crippen molar-refractivity contribution >= 4 is 35.8 Å². The third-order valence-electron chi connectivity index (χ3n) is 2.51. The van der Waals surface area contributed by atoms with Gasteiger partial charge in [-0.05, 0) is 26.8 Å². The number of hydrogen-bond donors (Lipinski definition) is 3. The second kappa shape index (κ2) is 8.85. The highest BCUT2D eigenvalue weighted by atomic mass is 127. The Morgan fingerprint density at radius 2 is 2.05 bits per heavy atom. The summed E-state index contributed by atoms with van der Waals surface area (Å²) in [7, 11) is 3.55. The molecule has 0 aliphatic rings. The van der Waals surface area contributed by atoms with E-state index in [0.717, 1.165) is 5.69 Å². The van der Waals surface area contributed by atoms with Gasteiger partial charge in [0.1, 0.15) is 0 Å². The molecule has 0 aromatic carbocycles. The zero-order valence-electron chi connectivity index (χ0n) is 13.2. The summed E-state index contributed by atoms with van der Waals surface area (Å²) < 4.78 is 1.78. The summed E-state index contributed by atoms with van der Waals surface area (Å²) in [5.74, 6) is 0.510. The molecule has 0 fully saturated rings. The maximum Gasteiger partial charge on any atom is 0.239 e. The first-order chi connectivity index (χ1) is 9.31. The molecule has 1 rings (SSSR count). The SMILES string of the molecule is CN=C(NCC(=O)NC(C)(C)C)NCc1ccnn1C.I. The zero-order valence-corrected chi connectivity index (χ0v) is 15.6. The molecule has 120 valence electrons. The summed E-state index contributed by atoms with van der Waals surface area (Å²) in [5.41, 5.74) is 0.803. The molecule has 0 saturated heterocycles. The Morgan fingerprint density at radius 1 is 1.38 bits per heavy atom. The first-order valence-corrected chi connectivity index (χ1v) is 6.54. The van der Waals surface area contributed by atoms with Gasteiger partial charge in [-0.1, -0.05) is 0 Å². The van der Waals surface area contributed by atoms with E-state index in [2.05, 4.69) is 26.0 Å². The van der Waals surface area contributed by atoms with Gasteiger partial charge in [0.15, 0.2) is 5.96 Å². The molecule has 0 atom stereocenters. The number of carbonyl (C=O) groups excluding carboxylic acids is 1. The summed E-state index contributed by atoms with van der Waals surface area (Å²) in [6.07, 6.45) is 1.74. The minimum atomic E-state index is -0.232. The van der Waals surface area contributed by atoms with Crippen LogP contribution in [0.25, 0.3) is 0 Å². The Kier molecular flexibility index (Phi) is 8.30. The number of aryl methyl sites for hydroxylation is 1. The number of aromatic nitrogens is 2. The van der Waals surface area contributed by atoms with Crippen LogP contribution in [0.2, 0.25) is 0 Å². The molecule has 1 aromatic rings. The van der Waals surface area contributed by atoms with E-state index in [-0.39, 0.29) is 42.0 Å². The zero-order chi connectivity index (χ0) is 15.2. The van der Waals surface area contributed by atoms with Gasteiger partial charge >= 0.3 is 0 Å². The predicted molar refractivity (Wildman–Crippen MR) is 94.7 cm³/mol. The van der Waals surface area contributed by atoms with Crippen molar-refractivity contribution in [3.8, 4) is 0 Å². The van der Waals surface area contributed by atoms with Crippen LogP contribution >= 0.6 is 24.0 Å². The number of aliphatic imine (C=N–C) groups is 1. The lowest BCUT2D eigenvalue weighted by Crippen LogP contribution is -2.48. The molecule has 0 unspecified atom stereocenters. The van der Waals surface area contributed by atoms with E-state index in [1.807, 2.05) is 33.9 Å². The minimum Gasteiger partial charge on any atom is -0.351 e. The lowest BCUT2D eigenvalue weighted by molar-refractivity contribution is -0.121. The highest BCUT2D eigenvalue weighted by Crippen LogP contribution is 1.97. The Morgan fingerprint density at radius 3 is 2.52 bits per heavy atom. The second-order valence-corrected chi connectivity index (χ2v) is 5.52. The van der Waals surface area contributed by atoms with E-state index >= 15 is 0 Å². The smallest absolute Gasteiger partial charge is 0.239 e. The summed E-state index contributed by atoms with van der Waals surface area (Å²) in [5, 5.41) is 13.1. The number of nitrogens with zero attached hydrogens (tertiary/aromatic N) is 3. The van der Waals surface area contributed by atoms with Crippen LogP contribution in [0.3, 0.4) is 0 Å². The van der Waals surface area contributed by atoms with E-state index in [9.17, 15) is 4.79 Å². The molecule has 1 heterocycles. The molecule has 1 amide bonds. The van der Waals surface area contributed by atoms with Gasteiger partial charge in [0.05, 0.1) is 18.8 Å². The van der Waals surface area contributed by atoms with E-state index in [4.69, 9.17) is 0 Å². The first-order valence-electron chi connectivity index (χ1n) is 6.54. The van der Waals surface area contributed by atoms with Gasteiger partial charge in [-0.15, -0.1) is 24.0 Å². The molecule has 0 bridgehead atoms. The Labute approximate surface area is 143 Å². The van der Waals surface area contributed by atoms with Crippen molar-refractivity contribution in [2.75, 3.05) is 13.6 Å². The van der Waals surface area contributed by atoms with Crippen LogP contribution in [0, 0.1) is 0 Å². The highest BCUT2D eigenvalue weighted by molar-refractivity contribution is 14.0. The molecule has 0 radical (unpaired) electrons. The fourth-order valence-corrected chi connectivity index (χ4v) is 1.60. The van der Waals surface area contributed by atoms with Gasteiger partial charge in [0.2, 0.25) is 5.91 Å². The summed E-state index contributed by atoms with van der Waals surface area (Å²) in [6, 6.07) is 1.92. The fourth-order valence-electron chi connectivity index (χ4n) is 1.60. The van der Waals surface area contributed by atoms with Crippen LogP contribution in [-0.4, -0.2) is 40.8 Å². The van der Waals surface area contributed by atoms with Gasteiger partial charge in [0.25, 0.3) is 0 Å². The van der Waals surface area contributed by atoms with Crippen molar-refractivity contribution in [2.45, 2.75) is 32.9 Å². The van der Waals surface area contributed by atoms with Crippen molar-refractivity contribution in [1.29, 1.82) is 0 Å². The maximum absolute atomic E-state index is 11.7. The number of amides is 1. The largest absolute Gasteiger partial charge is 0.351 e. The highest BCUT2D eigenvalue weighted by Gasteiger charge is 2.13. The third-order valence-corrected chi connectivity index (χ3v) is 2.51. The van der Waals surface area contributed by atoms with Crippen LogP contribution in [0.1, 0.15) is 26.5 Å². The van der Waals surface area contributed by atoms with Gasteiger partial charge in [-0.3, -0.25) is 14.5 Å². The van der Waals surface area contributed by atoms with Gasteiger partial charge in [-0.25, -0.2) is 0 Å². The molecule has 0 aliphatic heterocycles. The summed E-state index contributed by atoms with van der Waals surface area (Å²) in [6.45, 7) is 6.61. The predicted octanol–water partition coefficient (Wildman–Crippen LogP) is 0.618. The van der Waals surface area contributed by atoms with Crippen LogP contribution in [0.15, 0.2) is 17.3 Å². The van der Waals surface area contributed by atoms with Crippen molar-refractivity contribution in [2.24, 2.45) is 12.0 Å². The average molecular weight is 408 g/mol. The topological polar surface area (TPSA) is 83.3 Å². The first kappa shape index (κ1) is 19.7. The number of hydrogen-bond acceptors (Lipinski definition) is 3. The number of halogens is 1. The molecule has 21 heavy (non-hydrogen) atoms. The van der Waals surface area contributed by atoms with Crippen LogP contribution in [0.4, 0.5) is 0 Å². The summed E-state index contributed by atoms with van der Waals surface area (Å²) in [4.78, 5) is 15.8. The monoisotopic (exact) mass is 408 g/mol. The van der Waals surface area contributed by atoms with E-state index < -0.39 is 0 Å². The number of nitrogens with one attached hydrogen (secondary N) is 3. The minimum absolute atomic E-state index is 0. The van der Waals surface area contributed by atoms with E-state index in [0.29, 0.717) is 12.5 Å². The summed E-state index contributed by atoms with van der Waals surface area (Å²) >= 11 is 0. The van der Waals surface area contributed by atoms with Crippen LogP contribution < -0.4 is 16.0 Å².